The van der Waals surface area contributed by atoms with Crippen molar-refractivity contribution in [2.45, 2.75) is 57.8 Å². The van der Waals surface area contributed by atoms with Crippen LogP contribution in [0.25, 0.3) is 0 Å². The molecule has 1 amide bonds. The molecule has 21 heavy (non-hydrogen) atoms. The second kappa shape index (κ2) is 5.10. The summed E-state index contributed by atoms with van der Waals surface area (Å²) in [6, 6.07) is 2.44. The van der Waals surface area contributed by atoms with Gasteiger partial charge in [0.25, 0.3) is 0 Å². The van der Waals surface area contributed by atoms with Gasteiger partial charge in [-0.2, -0.15) is 11.3 Å². The fourth-order valence-electron chi connectivity index (χ4n) is 4.95. The van der Waals surface area contributed by atoms with Gasteiger partial charge in [-0.3, -0.25) is 10.1 Å². The summed E-state index contributed by atoms with van der Waals surface area (Å²) in [4.78, 5) is 14.8. The number of hydrogen-bond donors (Lipinski definition) is 1. The van der Waals surface area contributed by atoms with Crippen LogP contribution in [0.2, 0.25) is 0 Å². The minimum atomic E-state index is -0.0593. The number of carbonyl (C=O) groups is 1. The normalized spacial score (nSPS) is 40.2. The van der Waals surface area contributed by atoms with Gasteiger partial charge in [0.1, 0.15) is 6.17 Å². The topological polar surface area (TPSA) is 32.3 Å². The van der Waals surface area contributed by atoms with Gasteiger partial charge in [0.15, 0.2) is 0 Å². The van der Waals surface area contributed by atoms with Crippen molar-refractivity contribution in [3.63, 3.8) is 0 Å². The van der Waals surface area contributed by atoms with Gasteiger partial charge >= 0.3 is 0 Å². The molecular formula is C17H24N2OS. The zero-order valence-corrected chi connectivity index (χ0v) is 13.6. The highest BCUT2D eigenvalue weighted by molar-refractivity contribution is 7.07. The summed E-state index contributed by atoms with van der Waals surface area (Å²) in [5, 5.41) is 7.76. The monoisotopic (exact) mass is 304 g/mol. The Kier molecular flexibility index (Phi) is 3.34. The quantitative estimate of drug-likeness (QED) is 0.928. The molecule has 0 spiro atoms. The van der Waals surface area contributed by atoms with E-state index in [0.717, 1.165) is 11.8 Å². The van der Waals surface area contributed by atoms with Crippen molar-refractivity contribution < 1.29 is 4.79 Å². The molecule has 1 aliphatic heterocycles. The minimum absolute atomic E-state index is 0.0593. The van der Waals surface area contributed by atoms with Crippen molar-refractivity contribution >= 4 is 17.2 Å². The zero-order valence-electron chi connectivity index (χ0n) is 12.8. The molecule has 1 N–H and O–H groups in total. The highest BCUT2D eigenvalue weighted by Crippen LogP contribution is 2.51. The summed E-state index contributed by atoms with van der Waals surface area (Å²) in [7, 11) is 0. The summed E-state index contributed by atoms with van der Waals surface area (Å²) in [5.74, 6) is 2.78. The Labute approximate surface area is 130 Å². The largest absolute Gasteiger partial charge is 0.319 e. The molecule has 4 heteroatoms. The fraction of sp³-hybridized carbons (Fsp3) is 0.706. The van der Waals surface area contributed by atoms with E-state index in [1.165, 1.54) is 31.2 Å². The van der Waals surface area contributed by atoms with Gasteiger partial charge in [-0.25, -0.2) is 0 Å². The van der Waals surface area contributed by atoms with Crippen LogP contribution in [0, 0.1) is 17.8 Å². The fourth-order valence-corrected chi connectivity index (χ4v) is 5.63. The number of thiophene rings is 1. The number of carbonyl (C=O) groups excluding carboxylic acids is 1. The van der Waals surface area contributed by atoms with Crippen LogP contribution in [-0.4, -0.2) is 22.9 Å². The molecule has 2 bridgehead atoms. The first-order valence-corrected chi connectivity index (χ1v) is 9.19. The summed E-state index contributed by atoms with van der Waals surface area (Å²) in [5.41, 5.74) is 1.24. The van der Waals surface area contributed by atoms with Gasteiger partial charge in [0.05, 0.1) is 6.04 Å². The van der Waals surface area contributed by atoms with E-state index in [0.29, 0.717) is 12.0 Å². The van der Waals surface area contributed by atoms with Gasteiger partial charge in [-0.1, -0.05) is 6.42 Å². The van der Waals surface area contributed by atoms with Crippen LogP contribution < -0.4 is 5.32 Å². The predicted octanol–water partition coefficient (Wildman–Crippen LogP) is 3.39. The first-order chi connectivity index (χ1) is 10.1. The Balaban J connectivity index is 1.60. The van der Waals surface area contributed by atoms with E-state index in [-0.39, 0.29) is 18.1 Å². The molecule has 6 unspecified atom stereocenters. The predicted molar refractivity (Wildman–Crippen MR) is 84.9 cm³/mol. The average molecular weight is 304 g/mol. The number of nitrogens with zero attached hydrogens (tertiary/aromatic N) is 1. The zero-order chi connectivity index (χ0) is 14.6. The van der Waals surface area contributed by atoms with Crippen molar-refractivity contribution in [1.82, 2.24) is 10.2 Å². The first kappa shape index (κ1) is 13.8. The second-order valence-electron chi connectivity index (χ2n) is 7.17. The maximum atomic E-state index is 12.7. The Morgan fingerprint density at radius 2 is 2.24 bits per heavy atom. The molecule has 3 fully saturated rings. The van der Waals surface area contributed by atoms with Gasteiger partial charge in [-0.15, -0.1) is 0 Å². The van der Waals surface area contributed by atoms with Gasteiger partial charge in [0, 0.05) is 6.04 Å². The molecule has 1 saturated heterocycles. The van der Waals surface area contributed by atoms with Crippen molar-refractivity contribution in [3.8, 4) is 0 Å². The molecule has 0 radical (unpaired) electrons. The molecule has 2 aliphatic carbocycles. The standard InChI is InChI=1S/C17H24N2OS/c1-10-17(20)19(16(18-10)14-5-6-21-9-14)11(2)15-8-12-3-4-13(15)7-12/h5-6,9-13,15-16,18H,3-4,7-8H2,1-2H3. The second-order valence-corrected chi connectivity index (χ2v) is 7.95. The number of nitrogens with one attached hydrogen (secondary N) is 1. The van der Waals surface area contributed by atoms with Gasteiger partial charge in [-0.05, 0) is 73.3 Å². The van der Waals surface area contributed by atoms with E-state index in [4.69, 9.17) is 0 Å². The lowest BCUT2D eigenvalue weighted by Gasteiger charge is -2.37. The first-order valence-electron chi connectivity index (χ1n) is 8.25. The Bertz CT molecular complexity index is 529. The van der Waals surface area contributed by atoms with Crippen LogP contribution in [0.4, 0.5) is 0 Å². The lowest BCUT2D eigenvalue weighted by atomic mass is 9.83. The molecule has 114 valence electrons. The summed E-state index contributed by atoms with van der Waals surface area (Å²) in [6.07, 6.45) is 5.62. The van der Waals surface area contributed by atoms with Gasteiger partial charge < -0.3 is 4.90 Å². The molecule has 3 aliphatic rings. The van der Waals surface area contributed by atoms with Crippen molar-refractivity contribution in [1.29, 1.82) is 0 Å². The maximum Gasteiger partial charge on any atom is 0.241 e. The number of hydrogen-bond acceptors (Lipinski definition) is 3. The molecule has 6 atom stereocenters. The maximum absolute atomic E-state index is 12.7. The van der Waals surface area contributed by atoms with Crippen LogP contribution in [0.15, 0.2) is 16.8 Å². The van der Waals surface area contributed by atoms with E-state index >= 15 is 0 Å². The summed E-state index contributed by atoms with van der Waals surface area (Å²) >= 11 is 1.71. The third-order valence-electron chi connectivity index (χ3n) is 6.02. The number of fused-ring (bicyclic) bond motifs is 2. The summed E-state index contributed by atoms with van der Waals surface area (Å²) < 4.78 is 0. The molecule has 3 nitrogen and oxygen atoms in total. The Morgan fingerprint density at radius 3 is 2.86 bits per heavy atom. The van der Waals surface area contributed by atoms with E-state index in [1.54, 1.807) is 11.3 Å². The smallest absolute Gasteiger partial charge is 0.241 e. The van der Waals surface area contributed by atoms with Crippen molar-refractivity contribution in [3.05, 3.63) is 22.4 Å². The molecule has 2 saturated carbocycles. The van der Waals surface area contributed by atoms with Crippen LogP contribution in [-0.2, 0) is 4.79 Å². The van der Waals surface area contributed by atoms with E-state index in [2.05, 4.69) is 34.0 Å². The SMILES string of the molecule is CC1NC(c2ccsc2)N(C(C)C2CC3CCC2C3)C1=O. The number of amides is 1. The Hall–Kier alpha value is -0.870. The molecule has 2 heterocycles. The van der Waals surface area contributed by atoms with Crippen LogP contribution in [0.5, 0.6) is 0 Å². The molecule has 1 aromatic heterocycles. The van der Waals surface area contributed by atoms with Crippen LogP contribution in [0.3, 0.4) is 0 Å². The van der Waals surface area contributed by atoms with Gasteiger partial charge in [0.2, 0.25) is 5.91 Å². The van der Waals surface area contributed by atoms with Crippen LogP contribution in [0.1, 0.15) is 51.3 Å². The highest BCUT2D eigenvalue weighted by Gasteiger charge is 2.48. The van der Waals surface area contributed by atoms with Crippen molar-refractivity contribution in [2.75, 3.05) is 0 Å². The van der Waals surface area contributed by atoms with E-state index in [1.807, 2.05) is 6.92 Å². The van der Waals surface area contributed by atoms with Crippen LogP contribution >= 0.6 is 11.3 Å². The third-order valence-corrected chi connectivity index (χ3v) is 6.72. The minimum Gasteiger partial charge on any atom is -0.319 e. The Morgan fingerprint density at radius 1 is 1.38 bits per heavy atom. The lowest BCUT2D eigenvalue weighted by molar-refractivity contribution is -0.133. The molecule has 0 aromatic carbocycles. The molecule has 1 aromatic rings. The average Bonchev–Trinajstić information content (AvgIpc) is 3.23. The van der Waals surface area contributed by atoms with E-state index < -0.39 is 0 Å². The number of rotatable bonds is 3. The highest BCUT2D eigenvalue weighted by atomic mass is 32.1. The third kappa shape index (κ3) is 2.15. The lowest BCUT2D eigenvalue weighted by Crippen LogP contribution is -2.44. The van der Waals surface area contributed by atoms with Crippen molar-refractivity contribution in [2.24, 2.45) is 17.8 Å². The van der Waals surface area contributed by atoms with E-state index in [9.17, 15) is 4.79 Å². The molecular weight excluding hydrogens is 280 g/mol. The molecule has 4 rings (SSSR count). The summed E-state index contributed by atoms with van der Waals surface area (Å²) in [6.45, 7) is 4.28.